The minimum absolute atomic E-state index is 0.673. The van der Waals surface area contributed by atoms with Gasteiger partial charge in [-0.05, 0) is 12.3 Å². The number of rotatable bonds is 6. The van der Waals surface area contributed by atoms with Crippen LogP contribution in [-0.4, -0.2) is 27.8 Å². The Labute approximate surface area is 109 Å². The van der Waals surface area contributed by atoms with Gasteiger partial charge in [-0.2, -0.15) is 11.8 Å². The van der Waals surface area contributed by atoms with Crippen LogP contribution in [-0.2, 0) is 12.2 Å². The van der Waals surface area contributed by atoms with Crippen molar-refractivity contribution in [3.05, 3.63) is 34.5 Å². The smallest absolute Gasteiger partial charge is 0.222 e. The van der Waals surface area contributed by atoms with Crippen molar-refractivity contribution >= 4 is 29.0 Å². The summed E-state index contributed by atoms with van der Waals surface area (Å²) < 4.78 is 0. The highest BCUT2D eigenvalue weighted by atomic mass is 32.2. The number of thioether (sulfide) groups is 1. The van der Waals surface area contributed by atoms with Crippen LogP contribution in [0, 0.1) is 0 Å². The summed E-state index contributed by atoms with van der Waals surface area (Å²) in [4.78, 5) is 12.8. The van der Waals surface area contributed by atoms with Gasteiger partial charge in [-0.15, -0.1) is 11.3 Å². The van der Waals surface area contributed by atoms with E-state index < -0.39 is 0 Å². The van der Waals surface area contributed by atoms with Crippen molar-refractivity contribution in [1.29, 1.82) is 0 Å². The van der Waals surface area contributed by atoms with Crippen molar-refractivity contribution in [2.75, 3.05) is 18.1 Å². The average molecular weight is 266 g/mol. The van der Waals surface area contributed by atoms with Gasteiger partial charge in [-0.25, -0.2) is 15.0 Å². The lowest BCUT2D eigenvalue weighted by atomic mass is 10.3. The summed E-state index contributed by atoms with van der Waals surface area (Å²) in [7, 11) is 0. The Morgan fingerprint density at radius 1 is 1.35 bits per heavy atom. The molecule has 0 spiro atoms. The molecule has 0 atom stereocenters. The number of thiazole rings is 1. The second-order valence-electron chi connectivity index (χ2n) is 3.41. The fraction of sp³-hybridized carbons (Fsp3) is 0.364. The lowest BCUT2D eigenvalue weighted by Gasteiger charge is -2.01. The average Bonchev–Trinajstić information content (AvgIpc) is 2.79. The highest BCUT2D eigenvalue weighted by Crippen LogP contribution is 2.15. The number of nitrogens with zero attached hydrogens (tertiary/aromatic N) is 3. The van der Waals surface area contributed by atoms with Gasteiger partial charge in [0, 0.05) is 36.5 Å². The molecule has 0 aliphatic rings. The Bertz CT molecular complexity index is 444. The number of aromatic nitrogens is 3. The van der Waals surface area contributed by atoms with Crippen LogP contribution >= 0.6 is 23.1 Å². The lowest BCUT2D eigenvalue weighted by Crippen LogP contribution is -2.07. The van der Waals surface area contributed by atoms with E-state index in [-0.39, 0.29) is 0 Å². The Hall–Kier alpha value is -1.14. The zero-order valence-electron chi connectivity index (χ0n) is 9.59. The topological polar surface area (TPSA) is 50.7 Å². The summed E-state index contributed by atoms with van der Waals surface area (Å²) in [5.74, 6) is 1.67. The SMILES string of the molecule is CSCc1nc(CCNc2ncccn2)cs1. The van der Waals surface area contributed by atoms with E-state index in [1.807, 2.05) is 0 Å². The van der Waals surface area contributed by atoms with Crippen molar-refractivity contribution in [3.63, 3.8) is 0 Å². The highest BCUT2D eigenvalue weighted by Gasteiger charge is 2.01. The highest BCUT2D eigenvalue weighted by molar-refractivity contribution is 7.97. The van der Waals surface area contributed by atoms with Crippen molar-refractivity contribution in [3.8, 4) is 0 Å². The maximum absolute atomic E-state index is 4.55. The second-order valence-corrected chi connectivity index (χ2v) is 5.22. The number of hydrogen-bond acceptors (Lipinski definition) is 6. The van der Waals surface area contributed by atoms with Crippen LogP contribution in [0.3, 0.4) is 0 Å². The van der Waals surface area contributed by atoms with Crippen LogP contribution < -0.4 is 5.32 Å². The summed E-state index contributed by atoms with van der Waals surface area (Å²) in [6, 6.07) is 1.81. The fourth-order valence-electron chi connectivity index (χ4n) is 1.35. The molecular formula is C11H14N4S2. The van der Waals surface area contributed by atoms with E-state index in [1.54, 1.807) is 41.6 Å². The summed E-state index contributed by atoms with van der Waals surface area (Å²) >= 11 is 3.53. The van der Waals surface area contributed by atoms with Crippen LogP contribution in [0.25, 0.3) is 0 Å². The standard InChI is InChI=1S/C11H14N4S2/c1-16-8-10-15-9(7-17-10)3-6-14-11-12-4-2-5-13-11/h2,4-5,7H,3,6,8H2,1H3,(H,12,13,14). The molecule has 2 heterocycles. The molecule has 0 saturated carbocycles. The molecule has 17 heavy (non-hydrogen) atoms. The molecule has 90 valence electrons. The molecule has 6 heteroatoms. The molecule has 1 N–H and O–H groups in total. The maximum atomic E-state index is 4.55. The van der Waals surface area contributed by atoms with Gasteiger partial charge in [-0.3, -0.25) is 0 Å². The summed E-state index contributed by atoms with van der Waals surface area (Å²) in [6.45, 7) is 0.812. The Morgan fingerprint density at radius 3 is 2.94 bits per heavy atom. The number of nitrogens with one attached hydrogen (secondary N) is 1. The number of hydrogen-bond donors (Lipinski definition) is 1. The molecule has 2 rings (SSSR count). The molecule has 0 aliphatic carbocycles. The van der Waals surface area contributed by atoms with Gasteiger partial charge < -0.3 is 5.32 Å². The van der Waals surface area contributed by atoms with Crippen LogP contribution in [0.4, 0.5) is 5.95 Å². The van der Waals surface area contributed by atoms with Crippen molar-refractivity contribution in [2.45, 2.75) is 12.2 Å². The van der Waals surface area contributed by atoms with Crippen molar-refractivity contribution < 1.29 is 0 Å². The zero-order valence-corrected chi connectivity index (χ0v) is 11.2. The molecule has 2 aromatic rings. The molecule has 0 fully saturated rings. The second kappa shape index (κ2) is 6.56. The van der Waals surface area contributed by atoms with Crippen LogP contribution in [0.5, 0.6) is 0 Å². The van der Waals surface area contributed by atoms with Gasteiger partial charge in [-0.1, -0.05) is 0 Å². The van der Waals surface area contributed by atoms with Gasteiger partial charge in [0.05, 0.1) is 5.69 Å². The van der Waals surface area contributed by atoms with Gasteiger partial charge in [0.15, 0.2) is 0 Å². The maximum Gasteiger partial charge on any atom is 0.222 e. The molecule has 0 amide bonds. The molecule has 0 aliphatic heterocycles. The van der Waals surface area contributed by atoms with Crippen LogP contribution in [0.2, 0.25) is 0 Å². The zero-order chi connectivity index (χ0) is 11.9. The normalized spacial score (nSPS) is 10.4. The van der Waals surface area contributed by atoms with Crippen LogP contribution in [0.15, 0.2) is 23.8 Å². The molecule has 0 unspecified atom stereocenters. The van der Waals surface area contributed by atoms with E-state index in [9.17, 15) is 0 Å². The minimum atomic E-state index is 0.673. The van der Waals surface area contributed by atoms with E-state index >= 15 is 0 Å². The first-order valence-corrected chi connectivity index (χ1v) is 7.59. The van der Waals surface area contributed by atoms with E-state index in [1.165, 1.54) is 5.01 Å². The van der Waals surface area contributed by atoms with Gasteiger partial charge in [0.25, 0.3) is 0 Å². The first kappa shape index (κ1) is 12.3. The predicted octanol–water partition coefficient (Wildman–Crippen LogP) is 2.45. The Kier molecular flexibility index (Phi) is 4.75. The third-order valence-corrected chi connectivity index (χ3v) is 3.74. The first-order chi connectivity index (χ1) is 8.38. The molecule has 4 nitrogen and oxygen atoms in total. The van der Waals surface area contributed by atoms with Crippen molar-refractivity contribution in [1.82, 2.24) is 15.0 Å². The number of anilines is 1. The quantitative estimate of drug-likeness (QED) is 0.870. The first-order valence-electron chi connectivity index (χ1n) is 5.31. The predicted molar refractivity (Wildman–Crippen MR) is 73.6 cm³/mol. The fourth-order valence-corrected chi connectivity index (χ4v) is 2.90. The Morgan fingerprint density at radius 2 is 2.18 bits per heavy atom. The third-order valence-electron chi connectivity index (χ3n) is 2.10. The molecule has 0 aromatic carbocycles. The molecule has 0 saturated heterocycles. The Balaban J connectivity index is 1.78. The minimum Gasteiger partial charge on any atom is -0.354 e. The summed E-state index contributed by atoms with van der Waals surface area (Å²) in [6.07, 6.45) is 6.46. The van der Waals surface area contributed by atoms with E-state index in [4.69, 9.17) is 0 Å². The van der Waals surface area contributed by atoms with Gasteiger partial charge in [0.2, 0.25) is 5.95 Å². The monoisotopic (exact) mass is 266 g/mol. The lowest BCUT2D eigenvalue weighted by molar-refractivity contribution is 0.945. The van der Waals surface area contributed by atoms with E-state index in [2.05, 4.69) is 31.9 Å². The van der Waals surface area contributed by atoms with Crippen molar-refractivity contribution in [2.24, 2.45) is 0 Å². The molecule has 0 bridgehead atoms. The third kappa shape index (κ3) is 3.98. The van der Waals surface area contributed by atoms with Gasteiger partial charge in [0.1, 0.15) is 5.01 Å². The van der Waals surface area contributed by atoms with Gasteiger partial charge >= 0.3 is 0 Å². The van der Waals surface area contributed by atoms with E-state index in [0.717, 1.165) is 24.4 Å². The molecular weight excluding hydrogens is 252 g/mol. The summed E-state index contributed by atoms with van der Waals surface area (Å²) in [5, 5.41) is 6.49. The molecule has 2 aromatic heterocycles. The summed E-state index contributed by atoms with van der Waals surface area (Å²) in [5.41, 5.74) is 1.14. The molecule has 0 radical (unpaired) electrons. The largest absolute Gasteiger partial charge is 0.354 e. The van der Waals surface area contributed by atoms with Crippen LogP contribution in [0.1, 0.15) is 10.7 Å². The van der Waals surface area contributed by atoms with E-state index in [0.29, 0.717) is 5.95 Å².